The van der Waals surface area contributed by atoms with Crippen LogP contribution in [0.15, 0.2) is 53.3 Å². The predicted octanol–water partition coefficient (Wildman–Crippen LogP) is 3.47. The molecule has 7 nitrogen and oxygen atoms in total. The maximum atomic E-state index is 12.7. The van der Waals surface area contributed by atoms with Gasteiger partial charge in [0, 0.05) is 43.2 Å². The van der Waals surface area contributed by atoms with E-state index in [9.17, 15) is 14.9 Å². The first-order valence-electron chi connectivity index (χ1n) is 9.71. The standard InChI is InChI=1S/C22H22N4O3/c1-2-16-9-8-15(12-20(16)26(28)29)13-25-11-10-19-18(14-25)22(27)24-21(23-19)17-6-4-3-5-7-17/h3-9,12H,2,10-11,13-14H2,1H3,(H,23,24,27). The molecule has 7 heteroatoms. The minimum absolute atomic E-state index is 0.120. The summed E-state index contributed by atoms with van der Waals surface area (Å²) in [5.74, 6) is 0.591. The highest BCUT2D eigenvalue weighted by Gasteiger charge is 2.22. The molecule has 2 heterocycles. The van der Waals surface area contributed by atoms with Gasteiger partial charge in [0.1, 0.15) is 5.82 Å². The van der Waals surface area contributed by atoms with Crippen LogP contribution in [0.2, 0.25) is 0 Å². The molecule has 1 aliphatic heterocycles. The van der Waals surface area contributed by atoms with Gasteiger partial charge in [-0.2, -0.15) is 0 Å². The van der Waals surface area contributed by atoms with Gasteiger partial charge in [-0.3, -0.25) is 19.8 Å². The summed E-state index contributed by atoms with van der Waals surface area (Å²) in [5.41, 5.74) is 4.05. The summed E-state index contributed by atoms with van der Waals surface area (Å²) in [4.78, 5) is 33.4. The number of aryl methyl sites for hydroxylation is 1. The van der Waals surface area contributed by atoms with Crippen LogP contribution in [0, 0.1) is 10.1 Å². The molecule has 2 aromatic carbocycles. The average Bonchev–Trinajstić information content (AvgIpc) is 2.74. The molecule has 0 fully saturated rings. The Morgan fingerprint density at radius 1 is 1.21 bits per heavy atom. The van der Waals surface area contributed by atoms with Gasteiger partial charge in [0.05, 0.1) is 16.2 Å². The van der Waals surface area contributed by atoms with Crippen molar-refractivity contribution >= 4 is 5.69 Å². The molecule has 4 rings (SSSR count). The summed E-state index contributed by atoms with van der Waals surface area (Å²) >= 11 is 0. The van der Waals surface area contributed by atoms with Crippen LogP contribution in [0.1, 0.15) is 29.3 Å². The molecule has 0 saturated carbocycles. The quantitative estimate of drug-likeness (QED) is 0.532. The van der Waals surface area contributed by atoms with Crippen molar-refractivity contribution in [2.24, 2.45) is 0 Å². The number of aromatic nitrogens is 2. The fraction of sp³-hybridized carbons (Fsp3) is 0.273. The van der Waals surface area contributed by atoms with Crippen LogP contribution < -0.4 is 5.56 Å². The summed E-state index contributed by atoms with van der Waals surface area (Å²) in [6.45, 7) is 3.70. The van der Waals surface area contributed by atoms with Crippen molar-refractivity contribution < 1.29 is 4.92 Å². The van der Waals surface area contributed by atoms with Crippen LogP contribution in [0.5, 0.6) is 0 Å². The second-order valence-corrected chi connectivity index (χ2v) is 7.24. The zero-order valence-corrected chi connectivity index (χ0v) is 16.2. The SMILES string of the molecule is CCc1ccc(CN2CCc3nc(-c4ccccc4)[nH]c(=O)c3C2)cc1[N+](=O)[O-]. The molecule has 1 aromatic heterocycles. The first-order chi connectivity index (χ1) is 14.0. The maximum absolute atomic E-state index is 12.7. The summed E-state index contributed by atoms with van der Waals surface area (Å²) in [6.07, 6.45) is 1.30. The Balaban J connectivity index is 1.56. The Kier molecular flexibility index (Phi) is 5.22. The minimum Gasteiger partial charge on any atom is -0.306 e. The van der Waals surface area contributed by atoms with Gasteiger partial charge in [-0.25, -0.2) is 4.98 Å². The monoisotopic (exact) mass is 390 g/mol. The Morgan fingerprint density at radius 3 is 2.72 bits per heavy atom. The Bertz CT molecular complexity index is 1110. The molecule has 0 radical (unpaired) electrons. The molecule has 0 spiro atoms. The van der Waals surface area contributed by atoms with Gasteiger partial charge in [-0.05, 0) is 12.0 Å². The number of nitrogens with zero attached hydrogens (tertiary/aromatic N) is 3. The van der Waals surface area contributed by atoms with Crippen molar-refractivity contribution in [3.05, 3.63) is 91.4 Å². The van der Waals surface area contributed by atoms with Gasteiger partial charge in [-0.1, -0.05) is 49.4 Å². The van der Waals surface area contributed by atoms with E-state index in [-0.39, 0.29) is 16.2 Å². The lowest BCUT2D eigenvalue weighted by Crippen LogP contribution is -2.35. The van der Waals surface area contributed by atoms with E-state index in [1.807, 2.05) is 49.4 Å². The number of fused-ring (bicyclic) bond motifs is 1. The first kappa shape index (κ1) is 19.0. The first-order valence-corrected chi connectivity index (χ1v) is 9.71. The lowest BCUT2D eigenvalue weighted by Gasteiger charge is -2.27. The zero-order valence-electron chi connectivity index (χ0n) is 16.2. The van der Waals surface area contributed by atoms with Crippen LogP contribution in [-0.4, -0.2) is 26.3 Å². The van der Waals surface area contributed by atoms with Gasteiger partial charge >= 0.3 is 0 Å². The number of aromatic amines is 1. The molecule has 1 N–H and O–H groups in total. The number of benzene rings is 2. The van der Waals surface area contributed by atoms with Gasteiger partial charge < -0.3 is 4.98 Å². The fourth-order valence-electron chi connectivity index (χ4n) is 3.78. The van der Waals surface area contributed by atoms with Crippen molar-refractivity contribution in [3.8, 4) is 11.4 Å². The van der Waals surface area contributed by atoms with Crippen molar-refractivity contribution in [2.75, 3.05) is 6.54 Å². The summed E-state index contributed by atoms with van der Waals surface area (Å²) in [5, 5.41) is 11.3. The van der Waals surface area contributed by atoms with E-state index < -0.39 is 0 Å². The van der Waals surface area contributed by atoms with E-state index in [0.29, 0.717) is 37.3 Å². The van der Waals surface area contributed by atoms with E-state index in [1.54, 1.807) is 6.07 Å². The van der Waals surface area contributed by atoms with E-state index in [4.69, 9.17) is 0 Å². The van der Waals surface area contributed by atoms with E-state index in [1.165, 1.54) is 0 Å². The maximum Gasteiger partial charge on any atom is 0.272 e. The van der Waals surface area contributed by atoms with Gasteiger partial charge in [-0.15, -0.1) is 0 Å². The largest absolute Gasteiger partial charge is 0.306 e. The molecular weight excluding hydrogens is 368 g/mol. The van der Waals surface area contributed by atoms with Gasteiger partial charge in [0.15, 0.2) is 0 Å². The number of rotatable bonds is 5. The van der Waals surface area contributed by atoms with Crippen molar-refractivity contribution in [1.29, 1.82) is 0 Å². The molecule has 0 saturated heterocycles. The summed E-state index contributed by atoms with van der Waals surface area (Å²) in [7, 11) is 0. The number of nitro benzene ring substituents is 1. The number of hydrogen-bond donors (Lipinski definition) is 1. The van der Waals surface area contributed by atoms with Gasteiger partial charge in [0.25, 0.3) is 11.2 Å². The Morgan fingerprint density at radius 2 is 2.00 bits per heavy atom. The highest BCUT2D eigenvalue weighted by molar-refractivity contribution is 5.54. The third kappa shape index (κ3) is 3.95. The predicted molar refractivity (Wildman–Crippen MR) is 111 cm³/mol. The molecule has 0 aliphatic carbocycles. The smallest absolute Gasteiger partial charge is 0.272 e. The Hall–Kier alpha value is -3.32. The number of hydrogen-bond acceptors (Lipinski definition) is 5. The van der Waals surface area contributed by atoms with Crippen LogP contribution >= 0.6 is 0 Å². The number of nitrogens with one attached hydrogen (secondary N) is 1. The fourth-order valence-corrected chi connectivity index (χ4v) is 3.78. The highest BCUT2D eigenvalue weighted by atomic mass is 16.6. The second kappa shape index (κ2) is 7.97. The molecule has 148 valence electrons. The van der Waals surface area contributed by atoms with E-state index >= 15 is 0 Å². The third-order valence-corrected chi connectivity index (χ3v) is 5.33. The van der Waals surface area contributed by atoms with Crippen LogP contribution in [-0.2, 0) is 25.9 Å². The van der Waals surface area contributed by atoms with Crippen LogP contribution in [0.3, 0.4) is 0 Å². The summed E-state index contributed by atoms with van der Waals surface area (Å²) in [6, 6.07) is 15.0. The highest BCUT2D eigenvalue weighted by Crippen LogP contribution is 2.24. The van der Waals surface area contributed by atoms with Crippen molar-refractivity contribution in [3.63, 3.8) is 0 Å². The van der Waals surface area contributed by atoms with Gasteiger partial charge in [0.2, 0.25) is 0 Å². The minimum atomic E-state index is -0.326. The normalized spacial score (nSPS) is 13.8. The van der Waals surface area contributed by atoms with E-state index in [0.717, 1.165) is 28.9 Å². The second-order valence-electron chi connectivity index (χ2n) is 7.24. The van der Waals surface area contributed by atoms with Crippen LogP contribution in [0.4, 0.5) is 5.69 Å². The molecule has 0 bridgehead atoms. The molecule has 0 amide bonds. The van der Waals surface area contributed by atoms with Crippen LogP contribution in [0.25, 0.3) is 11.4 Å². The Labute approximate surface area is 168 Å². The van der Waals surface area contributed by atoms with Crippen molar-refractivity contribution in [2.45, 2.75) is 32.9 Å². The zero-order chi connectivity index (χ0) is 20.4. The molecule has 0 atom stereocenters. The van der Waals surface area contributed by atoms with E-state index in [2.05, 4.69) is 14.9 Å². The third-order valence-electron chi connectivity index (χ3n) is 5.33. The molecule has 0 unspecified atom stereocenters. The lowest BCUT2D eigenvalue weighted by atomic mass is 10.0. The summed E-state index contributed by atoms with van der Waals surface area (Å²) < 4.78 is 0. The van der Waals surface area contributed by atoms with Crippen molar-refractivity contribution in [1.82, 2.24) is 14.9 Å². The molecule has 1 aliphatic rings. The lowest BCUT2D eigenvalue weighted by molar-refractivity contribution is -0.385. The molecule has 29 heavy (non-hydrogen) atoms. The number of H-pyrrole nitrogens is 1. The molecular formula is C22H22N4O3. The molecule has 3 aromatic rings. The topological polar surface area (TPSA) is 92.1 Å². The average molecular weight is 390 g/mol. The number of nitro groups is 1.